The van der Waals surface area contributed by atoms with E-state index in [4.69, 9.17) is 5.73 Å². The minimum Gasteiger partial charge on any atom is -0.357 e. The van der Waals surface area contributed by atoms with E-state index in [1.165, 1.54) is 33.3 Å². The molecule has 1 aliphatic rings. The average Bonchev–Trinajstić information content (AvgIpc) is 2.74. The number of aryl methyl sites for hydroxylation is 2. The van der Waals surface area contributed by atoms with Crippen LogP contribution in [0.15, 0.2) is 12.1 Å². The standard InChI is InChI=1S/C15H21N3/c1-9-4-5-10(2)14-13(9)11-6-7-18(3)12(8-16)15(11)17-14/h4-5,12,17H,6-8,16H2,1-3H3. The van der Waals surface area contributed by atoms with E-state index in [0.717, 1.165) is 13.0 Å². The van der Waals surface area contributed by atoms with E-state index in [1.54, 1.807) is 0 Å². The fourth-order valence-corrected chi connectivity index (χ4v) is 3.21. The van der Waals surface area contributed by atoms with Gasteiger partial charge in [0.1, 0.15) is 0 Å². The molecule has 1 aromatic carbocycles. The number of hydrogen-bond donors (Lipinski definition) is 2. The highest BCUT2D eigenvalue weighted by molar-refractivity contribution is 5.90. The number of aromatic amines is 1. The van der Waals surface area contributed by atoms with E-state index < -0.39 is 0 Å². The van der Waals surface area contributed by atoms with Crippen LogP contribution < -0.4 is 5.73 Å². The number of nitrogens with zero attached hydrogens (tertiary/aromatic N) is 1. The van der Waals surface area contributed by atoms with Crippen molar-refractivity contribution in [2.45, 2.75) is 26.3 Å². The first kappa shape index (κ1) is 11.8. The van der Waals surface area contributed by atoms with Crippen molar-refractivity contribution in [3.8, 4) is 0 Å². The second-order valence-electron chi connectivity index (χ2n) is 5.45. The molecule has 3 rings (SSSR count). The van der Waals surface area contributed by atoms with E-state index in [2.05, 4.69) is 42.9 Å². The zero-order valence-corrected chi connectivity index (χ0v) is 11.4. The van der Waals surface area contributed by atoms with Gasteiger partial charge in [-0.1, -0.05) is 12.1 Å². The van der Waals surface area contributed by atoms with Gasteiger partial charge in [0.2, 0.25) is 0 Å². The van der Waals surface area contributed by atoms with Gasteiger partial charge in [0.05, 0.1) is 6.04 Å². The fourth-order valence-electron chi connectivity index (χ4n) is 3.21. The van der Waals surface area contributed by atoms with Crippen molar-refractivity contribution in [1.82, 2.24) is 9.88 Å². The molecule has 1 unspecified atom stereocenters. The number of rotatable bonds is 1. The summed E-state index contributed by atoms with van der Waals surface area (Å²) in [5, 5.41) is 1.43. The second kappa shape index (κ2) is 4.11. The smallest absolute Gasteiger partial charge is 0.0623 e. The van der Waals surface area contributed by atoms with Gasteiger partial charge < -0.3 is 10.7 Å². The Morgan fingerprint density at radius 3 is 2.78 bits per heavy atom. The van der Waals surface area contributed by atoms with Crippen molar-refractivity contribution >= 4 is 10.9 Å². The van der Waals surface area contributed by atoms with Crippen molar-refractivity contribution in [2.24, 2.45) is 5.73 Å². The van der Waals surface area contributed by atoms with Crippen LogP contribution in [0.2, 0.25) is 0 Å². The third-order valence-electron chi connectivity index (χ3n) is 4.31. The summed E-state index contributed by atoms with van der Waals surface area (Å²) in [7, 11) is 2.16. The Labute approximate surface area is 108 Å². The largest absolute Gasteiger partial charge is 0.357 e. The highest BCUT2D eigenvalue weighted by Crippen LogP contribution is 2.35. The Morgan fingerprint density at radius 1 is 1.33 bits per heavy atom. The maximum atomic E-state index is 5.94. The van der Waals surface area contributed by atoms with E-state index in [0.29, 0.717) is 12.6 Å². The van der Waals surface area contributed by atoms with Crippen LogP contribution in [0.4, 0.5) is 0 Å². The fraction of sp³-hybridized carbons (Fsp3) is 0.467. The number of fused-ring (bicyclic) bond motifs is 3. The average molecular weight is 243 g/mol. The van der Waals surface area contributed by atoms with Crippen molar-refractivity contribution < 1.29 is 0 Å². The Hall–Kier alpha value is -1.32. The van der Waals surface area contributed by atoms with Gasteiger partial charge in [-0.25, -0.2) is 0 Å². The van der Waals surface area contributed by atoms with Crippen LogP contribution in [0.25, 0.3) is 10.9 Å². The Morgan fingerprint density at radius 2 is 2.06 bits per heavy atom. The highest BCUT2D eigenvalue weighted by atomic mass is 15.2. The normalized spacial score (nSPS) is 20.3. The lowest BCUT2D eigenvalue weighted by molar-refractivity contribution is 0.233. The molecule has 3 nitrogen and oxygen atoms in total. The lowest BCUT2D eigenvalue weighted by Crippen LogP contribution is -2.36. The second-order valence-corrected chi connectivity index (χ2v) is 5.45. The SMILES string of the molecule is Cc1ccc(C)c2c3c([nH]c12)C(CN)N(C)CC3. The summed E-state index contributed by atoms with van der Waals surface area (Å²) in [5.74, 6) is 0. The molecule has 2 heterocycles. The summed E-state index contributed by atoms with van der Waals surface area (Å²) in [6, 6.07) is 4.75. The number of aromatic nitrogens is 1. The molecule has 0 spiro atoms. The van der Waals surface area contributed by atoms with Crippen molar-refractivity contribution in [3.05, 3.63) is 34.5 Å². The predicted molar refractivity (Wildman–Crippen MR) is 75.9 cm³/mol. The molecule has 1 atom stereocenters. The molecule has 0 fully saturated rings. The molecule has 0 saturated heterocycles. The third-order valence-corrected chi connectivity index (χ3v) is 4.31. The first-order chi connectivity index (χ1) is 8.63. The van der Waals surface area contributed by atoms with Crippen LogP contribution in [0.5, 0.6) is 0 Å². The molecule has 3 heteroatoms. The summed E-state index contributed by atoms with van der Waals surface area (Å²) in [6.07, 6.45) is 1.12. The number of nitrogens with two attached hydrogens (primary N) is 1. The first-order valence-electron chi connectivity index (χ1n) is 6.64. The maximum Gasteiger partial charge on any atom is 0.0623 e. The summed E-state index contributed by atoms with van der Waals surface area (Å²) >= 11 is 0. The molecule has 96 valence electrons. The van der Waals surface area contributed by atoms with E-state index in [1.807, 2.05) is 0 Å². The molecule has 0 saturated carbocycles. The van der Waals surface area contributed by atoms with Crippen molar-refractivity contribution in [3.63, 3.8) is 0 Å². The molecule has 0 radical (unpaired) electrons. The minimum absolute atomic E-state index is 0.333. The molecular formula is C15H21N3. The molecule has 0 aliphatic carbocycles. The Bertz CT molecular complexity index is 597. The molecule has 0 bridgehead atoms. The summed E-state index contributed by atoms with van der Waals surface area (Å²) in [5.41, 5.74) is 12.8. The molecule has 1 aliphatic heterocycles. The highest BCUT2D eigenvalue weighted by Gasteiger charge is 2.27. The number of H-pyrrole nitrogens is 1. The van der Waals surface area contributed by atoms with E-state index in [-0.39, 0.29) is 0 Å². The van der Waals surface area contributed by atoms with Gasteiger partial charge in [-0.05, 0) is 44.0 Å². The zero-order valence-electron chi connectivity index (χ0n) is 11.4. The zero-order chi connectivity index (χ0) is 12.9. The number of nitrogens with one attached hydrogen (secondary N) is 1. The Kier molecular flexibility index (Phi) is 2.68. The van der Waals surface area contributed by atoms with Gasteiger partial charge >= 0.3 is 0 Å². The monoisotopic (exact) mass is 243 g/mol. The van der Waals surface area contributed by atoms with Crippen LogP contribution in [-0.2, 0) is 6.42 Å². The van der Waals surface area contributed by atoms with Gasteiger partial charge in [0.25, 0.3) is 0 Å². The molecule has 0 amide bonds. The molecule has 1 aromatic heterocycles. The van der Waals surface area contributed by atoms with E-state index in [9.17, 15) is 0 Å². The lowest BCUT2D eigenvalue weighted by atomic mass is 9.95. The van der Waals surface area contributed by atoms with Crippen LogP contribution in [0.3, 0.4) is 0 Å². The quantitative estimate of drug-likeness (QED) is 0.807. The van der Waals surface area contributed by atoms with Gasteiger partial charge in [0.15, 0.2) is 0 Å². The summed E-state index contributed by atoms with van der Waals surface area (Å²) in [4.78, 5) is 5.98. The third kappa shape index (κ3) is 1.51. The van der Waals surface area contributed by atoms with Crippen molar-refractivity contribution in [2.75, 3.05) is 20.1 Å². The van der Waals surface area contributed by atoms with Gasteiger partial charge in [-0.15, -0.1) is 0 Å². The maximum absolute atomic E-state index is 5.94. The molecular weight excluding hydrogens is 222 g/mol. The minimum atomic E-state index is 0.333. The summed E-state index contributed by atoms with van der Waals surface area (Å²) < 4.78 is 0. The Balaban J connectivity index is 2.31. The lowest BCUT2D eigenvalue weighted by Gasteiger charge is -2.31. The number of benzene rings is 1. The van der Waals surface area contributed by atoms with Gasteiger partial charge in [-0.2, -0.15) is 0 Å². The molecule has 3 N–H and O–H groups in total. The topological polar surface area (TPSA) is 45.1 Å². The van der Waals surface area contributed by atoms with Gasteiger partial charge in [0, 0.05) is 29.7 Å². The van der Waals surface area contributed by atoms with E-state index >= 15 is 0 Å². The van der Waals surface area contributed by atoms with Crippen LogP contribution in [0, 0.1) is 13.8 Å². The van der Waals surface area contributed by atoms with Gasteiger partial charge in [-0.3, -0.25) is 4.90 Å². The predicted octanol–water partition coefficient (Wildman–Crippen LogP) is 2.27. The van der Waals surface area contributed by atoms with Crippen LogP contribution in [0.1, 0.15) is 28.4 Å². The first-order valence-corrected chi connectivity index (χ1v) is 6.64. The number of hydrogen-bond acceptors (Lipinski definition) is 2. The molecule has 18 heavy (non-hydrogen) atoms. The van der Waals surface area contributed by atoms with Crippen LogP contribution >= 0.6 is 0 Å². The summed E-state index contributed by atoms with van der Waals surface area (Å²) in [6.45, 7) is 6.14. The number of likely N-dealkylation sites (N-methyl/N-ethyl adjacent to an activating group) is 1. The van der Waals surface area contributed by atoms with Crippen LogP contribution in [-0.4, -0.2) is 30.0 Å². The van der Waals surface area contributed by atoms with Crippen molar-refractivity contribution in [1.29, 1.82) is 0 Å². The molecule has 2 aromatic rings.